The van der Waals surface area contributed by atoms with Crippen molar-refractivity contribution in [1.29, 1.82) is 0 Å². The van der Waals surface area contributed by atoms with E-state index in [-0.39, 0.29) is 0 Å². The highest BCUT2D eigenvalue weighted by Gasteiger charge is 2.02. The SMILES string of the molecule is C(/C=C/c1ccccc1)=C(c1ccccc1)c1ccccc1. The van der Waals surface area contributed by atoms with Crippen LogP contribution in [0.25, 0.3) is 11.6 Å². The molecule has 0 fully saturated rings. The number of rotatable bonds is 4. The Bertz CT molecular complexity index is 709. The second kappa shape index (κ2) is 7.24. The van der Waals surface area contributed by atoms with Crippen molar-refractivity contribution >= 4 is 11.6 Å². The Labute approximate surface area is 132 Å². The molecular formula is C22H18. The zero-order chi connectivity index (χ0) is 15.0. The highest BCUT2D eigenvalue weighted by molar-refractivity contribution is 5.81. The number of hydrogen-bond acceptors (Lipinski definition) is 0. The van der Waals surface area contributed by atoms with Crippen LogP contribution >= 0.6 is 0 Å². The van der Waals surface area contributed by atoms with Gasteiger partial charge in [0, 0.05) is 0 Å². The predicted molar refractivity (Wildman–Crippen MR) is 95.4 cm³/mol. The van der Waals surface area contributed by atoms with Crippen LogP contribution in [0.5, 0.6) is 0 Å². The van der Waals surface area contributed by atoms with Gasteiger partial charge in [-0.15, -0.1) is 0 Å². The van der Waals surface area contributed by atoms with E-state index < -0.39 is 0 Å². The molecule has 3 aromatic carbocycles. The number of hydrogen-bond donors (Lipinski definition) is 0. The molecule has 0 heterocycles. The Balaban J connectivity index is 1.96. The standard InChI is InChI=1S/C22H18/c1-4-11-19(12-5-1)13-10-18-22(20-14-6-2-7-15-20)21-16-8-3-9-17-21/h1-18H/b13-10+. The van der Waals surface area contributed by atoms with Gasteiger partial charge in [-0.3, -0.25) is 0 Å². The Kier molecular flexibility index (Phi) is 4.63. The number of allylic oxidation sites excluding steroid dienone is 2. The summed E-state index contributed by atoms with van der Waals surface area (Å²) in [7, 11) is 0. The quantitative estimate of drug-likeness (QED) is 0.528. The van der Waals surface area contributed by atoms with Crippen molar-refractivity contribution in [1.82, 2.24) is 0 Å². The van der Waals surface area contributed by atoms with Gasteiger partial charge < -0.3 is 0 Å². The molecule has 0 bridgehead atoms. The Morgan fingerprint density at radius 2 is 1.00 bits per heavy atom. The average Bonchev–Trinajstić information content (AvgIpc) is 2.61. The van der Waals surface area contributed by atoms with Crippen LogP contribution in [0, 0.1) is 0 Å². The molecule has 0 radical (unpaired) electrons. The van der Waals surface area contributed by atoms with Crippen LogP contribution in [-0.4, -0.2) is 0 Å². The van der Waals surface area contributed by atoms with Crippen LogP contribution in [-0.2, 0) is 0 Å². The molecule has 0 unspecified atom stereocenters. The van der Waals surface area contributed by atoms with E-state index >= 15 is 0 Å². The van der Waals surface area contributed by atoms with Crippen LogP contribution in [0.4, 0.5) is 0 Å². The van der Waals surface area contributed by atoms with Gasteiger partial charge in [0.2, 0.25) is 0 Å². The zero-order valence-corrected chi connectivity index (χ0v) is 12.4. The van der Waals surface area contributed by atoms with E-state index in [1.54, 1.807) is 0 Å². The molecule has 0 spiro atoms. The predicted octanol–water partition coefficient (Wildman–Crippen LogP) is 5.83. The molecule has 22 heavy (non-hydrogen) atoms. The molecule has 106 valence electrons. The van der Waals surface area contributed by atoms with Crippen LogP contribution in [0.2, 0.25) is 0 Å². The van der Waals surface area contributed by atoms with E-state index in [2.05, 4.69) is 91.0 Å². The summed E-state index contributed by atoms with van der Waals surface area (Å²) in [5.41, 5.74) is 4.89. The summed E-state index contributed by atoms with van der Waals surface area (Å²) < 4.78 is 0. The molecular weight excluding hydrogens is 264 g/mol. The maximum Gasteiger partial charge on any atom is -0.0111 e. The molecule has 0 aromatic heterocycles. The lowest BCUT2D eigenvalue weighted by Gasteiger charge is -2.07. The normalized spacial score (nSPS) is 10.5. The lowest BCUT2D eigenvalue weighted by Crippen LogP contribution is -1.86. The highest BCUT2D eigenvalue weighted by Crippen LogP contribution is 2.23. The van der Waals surface area contributed by atoms with Gasteiger partial charge in [-0.25, -0.2) is 0 Å². The van der Waals surface area contributed by atoms with Crippen molar-refractivity contribution in [3.05, 3.63) is 120 Å². The fraction of sp³-hybridized carbons (Fsp3) is 0. The van der Waals surface area contributed by atoms with Crippen LogP contribution in [0.15, 0.2) is 103 Å². The summed E-state index contributed by atoms with van der Waals surface area (Å²) in [4.78, 5) is 0. The van der Waals surface area contributed by atoms with Crippen LogP contribution < -0.4 is 0 Å². The molecule has 0 amide bonds. The van der Waals surface area contributed by atoms with Gasteiger partial charge in [-0.1, -0.05) is 109 Å². The minimum atomic E-state index is 1.21. The van der Waals surface area contributed by atoms with Gasteiger partial charge in [0.05, 0.1) is 0 Å². The van der Waals surface area contributed by atoms with Crippen molar-refractivity contribution in [2.24, 2.45) is 0 Å². The molecule has 0 aliphatic rings. The van der Waals surface area contributed by atoms with Gasteiger partial charge in [0.15, 0.2) is 0 Å². The second-order valence-corrected chi connectivity index (χ2v) is 5.08. The summed E-state index contributed by atoms with van der Waals surface area (Å²) in [5.74, 6) is 0. The van der Waals surface area contributed by atoms with E-state index in [0.29, 0.717) is 0 Å². The maximum atomic E-state index is 2.18. The summed E-state index contributed by atoms with van der Waals surface area (Å²) in [6.07, 6.45) is 6.42. The first-order chi connectivity index (χ1) is 10.9. The molecule has 0 saturated carbocycles. The van der Waals surface area contributed by atoms with E-state index in [4.69, 9.17) is 0 Å². The third-order valence-corrected chi connectivity index (χ3v) is 3.52. The molecule has 0 aliphatic carbocycles. The fourth-order valence-corrected chi connectivity index (χ4v) is 2.41. The zero-order valence-electron chi connectivity index (χ0n) is 12.4. The maximum absolute atomic E-state index is 2.18. The minimum absolute atomic E-state index is 1.21. The first-order valence-corrected chi connectivity index (χ1v) is 7.48. The van der Waals surface area contributed by atoms with E-state index in [1.807, 2.05) is 18.2 Å². The summed E-state index contributed by atoms with van der Waals surface area (Å²) in [5, 5.41) is 0. The topological polar surface area (TPSA) is 0 Å². The fourth-order valence-electron chi connectivity index (χ4n) is 2.41. The minimum Gasteiger partial charge on any atom is -0.0622 e. The smallest absolute Gasteiger partial charge is 0.0111 e. The van der Waals surface area contributed by atoms with Gasteiger partial charge in [-0.05, 0) is 22.3 Å². The molecule has 0 heteroatoms. The van der Waals surface area contributed by atoms with E-state index in [9.17, 15) is 0 Å². The van der Waals surface area contributed by atoms with Crippen molar-refractivity contribution in [3.63, 3.8) is 0 Å². The average molecular weight is 282 g/mol. The Morgan fingerprint density at radius 1 is 0.545 bits per heavy atom. The van der Waals surface area contributed by atoms with Crippen molar-refractivity contribution in [2.45, 2.75) is 0 Å². The van der Waals surface area contributed by atoms with Crippen LogP contribution in [0.3, 0.4) is 0 Å². The first-order valence-electron chi connectivity index (χ1n) is 7.48. The summed E-state index contributed by atoms with van der Waals surface area (Å²) in [6, 6.07) is 31.3. The molecule has 0 nitrogen and oxygen atoms in total. The summed E-state index contributed by atoms with van der Waals surface area (Å²) in [6.45, 7) is 0. The molecule has 0 atom stereocenters. The van der Waals surface area contributed by atoms with Gasteiger partial charge in [0.1, 0.15) is 0 Å². The lowest BCUT2D eigenvalue weighted by atomic mass is 9.97. The monoisotopic (exact) mass is 282 g/mol. The largest absolute Gasteiger partial charge is 0.0622 e. The third-order valence-electron chi connectivity index (χ3n) is 3.52. The van der Waals surface area contributed by atoms with Gasteiger partial charge in [-0.2, -0.15) is 0 Å². The molecule has 0 aliphatic heterocycles. The van der Waals surface area contributed by atoms with Crippen molar-refractivity contribution in [2.75, 3.05) is 0 Å². The Morgan fingerprint density at radius 3 is 1.50 bits per heavy atom. The first kappa shape index (κ1) is 14.1. The van der Waals surface area contributed by atoms with Gasteiger partial charge in [0.25, 0.3) is 0 Å². The van der Waals surface area contributed by atoms with E-state index in [1.165, 1.54) is 22.3 Å². The van der Waals surface area contributed by atoms with Gasteiger partial charge >= 0.3 is 0 Å². The second-order valence-electron chi connectivity index (χ2n) is 5.08. The molecule has 0 N–H and O–H groups in total. The Hall–Kier alpha value is -2.86. The molecule has 0 saturated heterocycles. The van der Waals surface area contributed by atoms with Crippen LogP contribution in [0.1, 0.15) is 16.7 Å². The third kappa shape index (κ3) is 3.62. The van der Waals surface area contributed by atoms with Crippen molar-refractivity contribution in [3.8, 4) is 0 Å². The molecule has 3 aromatic rings. The number of benzene rings is 3. The highest BCUT2D eigenvalue weighted by atomic mass is 14.1. The van der Waals surface area contributed by atoms with Crippen molar-refractivity contribution < 1.29 is 0 Å². The molecule has 3 rings (SSSR count). The van der Waals surface area contributed by atoms with E-state index in [0.717, 1.165) is 0 Å². The lowest BCUT2D eigenvalue weighted by molar-refractivity contribution is 1.55. The summed E-state index contributed by atoms with van der Waals surface area (Å²) >= 11 is 0.